The van der Waals surface area contributed by atoms with Gasteiger partial charge in [0.2, 0.25) is 0 Å². The molecule has 0 heterocycles. The Balaban J connectivity index is -0.000000405. The van der Waals surface area contributed by atoms with Crippen LogP contribution >= 0.6 is 7.82 Å². The molecule has 0 aromatic heterocycles. The second-order valence-electron chi connectivity index (χ2n) is 1.62. The van der Waals surface area contributed by atoms with Gasteiger partial charge in [0, 0.05) is 0 Å². The van der Waals surface area contributed by atoms with Crippen LogP contribution in [0.2, 0.25) is 0 Å². The quantitative estimate of drug-likeness (QED) is 0.317. The summed E-state index contributed by atoms with van der Waals surface area (Å²) < 4.78 is 13.8. The van der Waals surface area contributed by atoms with Gasteiger partial charge in [-0.2, -0.15) is 0 Å². The van der Waals surface area contributed by atoms with Crippen molar-refractivity contribution < 1.29 is 29.1 Å². The van der Waals surface area contributed by atoms with Crippen LogP contribution in [0.4, 0.5) is 0 Å². The molecule has 0 aromatic rings. The van der Waals surface area contributed by atoms with Gasteiger partial charge in [-0.3, -0.25) is 4.52 Å². The Hall–Kier alpha value is 3.30. The SMILES string of the molecule is O=P(O)(O)OCC(O)CO.[KH].[KH]. The predicted octanol–water partition coefficient (Wildman–Crippen LogP) is -2.85. The number of aliphatic hydroxyl groups excluding tert-OH is 2. The molecule has 0 fully saturated rings. The van der Waals surface area contributed by atoms with E-state index in [1.54, 1.807) is 0 Å². The van der Waals surface area contributed by atoms with E-state index in [1.165, 1.54) is 0 Å². The Morgan fingerprint density at radius 1 is 1.33 bits per heavy atom. The normalized spacial score (nSPS) is 12.7. The van der Waals surface area contributed by atoms with Crippen molar-refractivity contribution in [2.45, 2.75) is 6.10 Å². The summed E-state index contributed by atoms with van der Waals surface area (Å²) >= 11 is 0. The van der Waals surface area contributed by atoms with Crippen LogP contribution in [-0.4, -0.2) is 142 Å². The first-order valence-corrected chi connectivity index (χ1v) is 3.98. The number of rotatable bonds is 4. The topological polar surface area (TPSA) is 107 Å². The van der Waals surface area contributed by atoms with Gasteiger partial charge in [-0.15, -0.1) is 0 Å². The van der Waals surface area contributed by atoms with Gasteiger partial charge in [-0.1, -0.05) is 0 Å². The van der Waals surface area contributed by atoms with Gasteiger partial charge >= 0.3 is 111 Å². The van der Waals surface area contributed by atoms with Gasteiger partial charge in [0.25, 0.3) is 0 Å². The van der Waals surface area contributed by atoms with Gasteiger partial charge in [0.1, 0.15) is 6.10 Å². The second-order valence-corrected chi connectivity index (χ2v) is 2.86. The van der Waals surface area contributed by atoms with E-state index in [-0.39, 0.29) is 103 Å². The Bertz CT molecular complexity index is 137. The van der Waals surface area contributed by atoms with Crippen molar-refractivity contribution in [1.29, 1.82) is 0 Å². The standard InChI is InChI=1S/C3H9O6P.2K.2H/c4-1-3(5)2-9-10(6,7)8;;;;/h3-5H,1-2H2,(H2,6,7,8);;;;. The number of phosphoric acid groups is 1. The molecule has 0 amide bonds. The Morgan fingerprint density at radius 2 is 1.75 bits per heavy atom. The average Bonchev–Trinajstić information content (AvgIpc) is 1.81. The Labute approximate surface area is 155 Å². The Kier molecular flexibility index (Phi) is 18.6. The molecule has 0 radical (unpaired) electrons. The molecular weight excluding hydrogens is 241 g/mol. The third-order valence-electron chi connectivity index (χ3n) is 0.646. The van der Waals surface area contributed by atoms with Gasteiger partial charge in [0.15, 0.2) is 0 Å². The van der Waals surface area contributed by atoms with E-state index in [0.29, 0.717) is 0 Å². The van der Waals surface area contributed by atoms with Crippen molar-refractivity contribution >= 4 is 111 Å². The van der Waals surface area contributed by atoms with Crippen LogP contribution in [0.1, 0.15) is 0 Å². The summed E-state index contributed by atoms with van der Waals surface area (Å²) in [6.45, 7) is -1.15. The van der Waals surface area contributed by atoms with Crippen molar-refractivity contribution in [3.05, 3.63) is 0 Å². The third-order valence-corrected chi connectivity index (χ3v) is 1.13. The van der Waals surface area contributed by atoms with E-state index in [2.05, 4.69) is 4.52 Å². The fourth-order valence-corrected chi connectivity index (χ4v) is 0.602. The summed E-state index contributed by atoms with van der Waals surface area (Å²) in [6.07, 6.45) is -1.24. The predicted molar refractivity (Wildman–Crippen MR) is 45.4 cm³/mol. The van der Waals surface area contributed by atoms with Crippen molar-refractivity contribution in [2.75, 3.05) is 13.2 Å². The van der Waals surface area contributed by atoms with Crippen LogP contribution in [0, 0.1) is 0 Å². The molecule has 0 rings (SSSR count). The van der Waals surface area contributed by atoms with E-state index >= 15 is 0 Å². The first-order chi connectivity index (χ1) is 4.45. The molecule has 0 aliphatic rings. The zero-order valence-electron chi connectivity index (χ0n) is 5.04. The molecule has 1 atom stereocenters. The molecule has 0 aliphatic carbocycles. The monoisotopic (exact) mass is 252 g/mol. The van der Waals surface area contributed by atoms with E-state index in [0.717, 1.165) is 0 Å². The summed E-state index contributed by atoms with van der Waals surface area (Å²) in [6, 6.07) is 0. The zero-order chi connectivity index (χ0) is 8.20. The van der Waals surface area contributed by atoms with E-state index < -0.39 is 27.1 Å². The van der Waals surface area contributed by atoms with E-state index in [4.69, 9.17) is 20.0 Å². The molecule has 0 spiro atoms. The summed E-state index contributed by atoms with van der Waals surface area (Å²) in [5.41, 5.74) is 0. The zero-order valence-corrected chi connectivity index (χ0v) is 5.94. The van der Waals surface area contributed by atoms with Crippen LogP contribution < -0.4 is 0 Å². The molecular formula is C3H11K2O6P. The minimum atomic E-state index is -4.50. The maximum absolute atomic E-state index is 9.93. The van der Waals surface area contributed by atoms with Crippen molar-refractivity contribution in [1.82, 2.24) is 0 Å². The van der Waals surface area contributed by atoms with Crippen molar-refractivity contribution in [3.63, 3.8) is 0 Å². The molecule has 0 aromatic carbocycles. The summed E-state index contributed by atoms with van der Waals surface area (Å²) in [5.74, 6) is 0. The fraction of sp³-hybridized carbons (Fsp3) is 1.00. The number of hydrogen-bond acceptors (Lipinski definition) is 4. The first kappa shape index (κ1) is 20.7. The van der Waals surface area contributed by atoms with Crippen molar-refractivity contribution in [2.24, 2.45) is 0 Å². The maximum atomic E-state index is 9.93. The summed E-state index contributed by atoms with van der Waals surface area (Å²) in [5, 5.41) is 16.7. The first-order valence-electron chi connectivity index (χ1n) is 2.44. The Morgan fingerprint density at radius 3 is 2.00 bits per heavy atom. The fourth-order valence-electron chi connectivity index (χ4n) is 0.236. The molecule has 6 nitrogen and oxygen atoms in total. The van der Waals surface area contributed by atoms with Crippen LogP contribution in [0.3, 0.4) is 0 Å². The van der Waals surface area contributed by atoms with E-state index in [1.807, 2.05) is 0 Å². The minimum absolute atomic E-state index is 0. The van der Waals surface area contributed by atoms with Gasteiger partial charge < -0.3 is 20.0 Å². The van der Waals surface area contributed by atoms with E-state index in [9.17, 15) is 4.57 Å². The average molecular weight is 252 g/mol. The molecule has 0 bridgehead atoms. The van der Waals surface area contributed by atoms with Crippen LogP contribution in [0.5, 0.6) is 0 Å². The molecule has 4 N–H and O–H groups in total. The van der Waals surface area contributed by atoms with Gasteiger partial charge in [0.05, 0.1) is 13.2 Å². The molecule has 0 aliphatic heterocycles. The molecule has 0 saturated carbocycles. The van der Waals surface area contributed by atoms with Gasteiger partial charge in [-0.05, 0) is 0 Å². The molecule has 66 valence electrons. The molecule has 12 heavy (non-hydrogen) atoms. The second kappa shape index (κ2) is 10.8. The number of phosphoric ester groups is 1. The summed E-state index contributed by atoms with van der Waals surface area (Å²) in [4.78, 5) is 16.1. The van der Waals surface area contributed by atoms with Crippen LogP contribution in [-0.2, 0) is 9.09 Å². The van der Waals surface area contributed by atoms with Crippen LogP contribution in [0.25, 0.3) is 0 Å². The van der Waals surface area contributed by atoms with Crippen molar-refractivity contribution in [3.8, 4) is 0 Å². The number of aliphatic hydroxyl groups is 2. The molecule has 9 heteroatoms. The molecule has 0 saturated heterocycles. The molecule has 1 unspecified atom stereocenters. The van der Waals surface area contributed by atoms with Crippen LogP contribution in [0.15, 0.2) is 0 Å². The number of hydrogen-bond donors (Lipinski definition) is 4. The third kappa shape index (κ3) is 15.8. The summed E-state index contributed by atoms with van der Waals surface area (Å²) in [7, 11) is -4.50. The van der Waals surface area contributed by atoms with Gasteiger partial charge in [-0.25, -0.2) is 4.57 Å².